The lowest BCUT2D eigenvalue weighted by molar-refractivity contribution is 0.0993. The van der Waals surface area contributed by atoms with Gasteiger partial charge >= 0.3 is 0 Å². The van der Waals surface area contributed by atoms with Crippen LogP contribution in [0.5, 0.6) is 0 Å². The number of hydrogen-bond donors (Lipinski definition) is 2. The fraction of sp³-hybridized carbons (Fsp3) is 0.250. The number of hydrogen-bond acceptors (Lipinski definition) is 3. The number of nitrogens with two attached hydrogens (primary N) is 1. The predicted octanol–water partition coefficient (Wildman–Crippen LogP) is 1.31. The first-order chi connectivity index (χ1) is 9.41. The summed E-state index contributed by atoms with van der Waals surface area (Å²) in [6, 6.07) is 4.76. The smallest absolute Gasteiger partial charge is 0.266 e. The Hall–Kier alpha value is -1.57. The molecule has 1 aromatic carbocycles. The first-order valence-corrected chi connectivity index (χ1v) is 7.84. The fourth-order valence-corrected chi connectivity index (χ4v) is 4.26. The third kappa shape index (κ3) is 1.90. The minimum Gasteiger partial charge on any atom is -0.364 e. The number of nitrogens with zero attached hydrogens (tertiary/aromatic N) is 1. The van der Waals surface area contributed by atoms with E-state index in [4.69, 9.17) is 17.3 Å². The van der Waals surface area contributed by atoms with Gasteiger partial charge in [0.05, 0.1) is 0 Å². The summed E-state index contributed by atoms with van der Waals surface area (Å²) in [7, 11) is -3.74. The first-order valence-electron chi connectivity index (χ1n) is 6.02. The third-order valence-electron chi connectivity index (χ3n) is 3.37. The minimum atomic E-state index is -3.74. The summed E-state index contributed by atoms with van der Waals surface area (Å²) in [6.07, 6.45) is 0.814. The van der Waals surface area contributed by atoms with E-state index in [1.165, 1.54) is 10.4 Å². The average molecular weight is 314 g/mol. The second-order valence-corrected chi connectivity index (χ2v) is 6.95. The van der Waals surface area contributed by atoms with Crippen molar-refractivity contribution in [2.45, 2.75) is 11.3 Å². The monoisotopic (exact) mass is 313 g/mol. The predicted molar refractivity (Wildman–Crippen MR) is 75.2 cm³/mol. The molecule has 1 saturated heterocycles. The zero-order valence-electron chi connectivity index (χ0n) is 10.4. The molecule has 0 radical (unpaired) electrons. The van der Waals surface area contributed by atoms with Crippen LogP contribution in [-0.4, -0.2) is 36.7 Å². The fourth-order valence-electron chi connectivity index (χ4n) is 2.24. The van der Waals surface area contributed by atoms with E-state index in [0.29, 0.717) is 29.0 Å². The molecule has 1 amide bonds. The van der Waals surface area contributed by atoms with Gasteiger partial charge in [0.15, 0.2) is 0 Å². The molecule has 1 aliphatic rings. The summed E-state index contributed by atoms with van der Waals surface area (Å²) in [5.74, 6) is -0.809. The quantitative estimate of drug-likeness (QED) is 0.894. The van der Waals surface area contributed by atoms with Crippen LogP contribution in [0, 0.1) is 0 Å². The van der Waals surface area contributed by atoms with Crippen molar-refractivity contribution in [2.24, 2.45) is 5.73 Å². The van der Waals surface area contributed by atoms with Crippen molar-refractivity contribution in [3.05, 3.63) is 28.9 Å². The Kier molecular flexibility index (Phi) is 3.00. The number of nitrogens with one attached hydrogen (secondary N) is 1. The maximum Gasteiger partial charge on any atom is 0.266 e. The van der Waals surface area contributed by atoms with Crippen LogP contribution in [0.4, 0.5) is 0 Å². The number of amides is 1. The van der Waals surface area contributed by atoms with Crippen LogP contribution in [0.15, 0.2) is 23.1 Å². The van der Waals surface area contributed by atoms with E-state index in [9.17, 15) is 13.2 Å². The lowest BCUT2D eigenvalue weighted by Gasteiger charge is -2.29. The van der Waals surface area contributed by atoms with Gasteiger partial charge in [-0.2, -0.15) is 4.31 Å². The second-order valence-electron chi connectivity index (χ2n) is 4.64. The molecule has 1 aromatic heterocycles. The van der Waals surface area contributed by atoms with Crippen LogP contribution >= 0.6 is 11.6 Å². The lowest BCUT2D eigenvalue weighted by Crippen LogP contribution is -2.42. The molecule has 2 heterocycles. The van der Waals surface area contributed by atoms with Gasteiger partial charge in [0.2, 0.25) is 10.0 Å². The van der Waals surface area contributed by atoms with Crippen molar-refractivity contribution < 1.29 is 13.2 Å². The van der Waals surface area contributed by atoms with Gasteiger partial charge in [0.1, 0.15) is 10.6 Å². The molecular weight excluding hydrogens is 302 g/mol. The number of H-pyrrole nitrogens is 1. The van der Waals surface area contributed by atoms with Crippen LogP contribution in [0.25, 0.3) is 10.9 Å². The topological polar surface area (TPSA) is 96.3 Å². The number of carbonyl (C=O) groups excluding carboxylic acids is 1. The number of halogens is 1. The SMILES string of the molecule is NC(=O)c1[nH]c2ccc(Cl)cc2c1S(=O)(=O)N1CCC1. The molecule has 0 atom stereocenters. The van der Waals surface area contributed by atoms with Crippen LogP contribution < -0.4 is 5.73 Å². The Labute approximate surface area is 120 Å². The van der Waals surface area contributed by atoms with E-state index < -0.39 is 15.9 Å². The summed E-state index contributed by atoms with van der Waals surface area (Å²) in [4.78, 5) is 14.2. The van der Waals surface area contributed by atoms with Gasteiger partial charge < -0.3 is 10.7 Å². The second kappa shape index (κ2) is 4.47. The Morgan fingerprint density at radius 3 is 2.60 bits per heavy atom. The summed E-state index contributed by atoms with van der Waals surface area (Å²) >= 11 is 5.92. The molecule has 106 valence electrons. The van der Waals surface area contributed by atoms with Gasteiger partial charge in [-0.15, -0.1) is 0 Å². The highest BCUT2D eigenvalue weighted by atomic mass is 35.5. The molecule has 20 heavy (non-hydrogen) atoms. The number of aromatic amines is 1. The van der Waals surface area contributed by atoms with Crippen LogP contribution in [0.2, 0.25) is 5.02 Å². The number of sulfonamides is 1. The average Bonchev–Trinajstić information content (AvgIpc) is 2.64. The van der Waals surface area contributed by atoms with Gasteiger partial charge in [-0.1, -0.05) is 11.6 Å². The standard InChI is InChI=1S/C12H12ClN3O3S/c13-7-2-3-9-8(6-7)11(10(15-9)12(14)17)20(18,19)16-4-1-5-16/h2-3,6,15H,1,4-5H2,(H2,14,17). The van der Waals surface area contributed by atoms with Crippen LogP contribution in [0.3, 0.4) is 0 Å². The molecule has 0 spiro atoms. The normalized spacial score (nSPS) is 16.2. The Morgan fingerprint density at radius 1 is 1.35 bits per heavy atom. The zero-order chi connectivity index (χ0) is 14.5. The summed E-state index contributed by atoms with van der Waals surface area (Å²) in [5.41, 5.74) is 5.70. The highest BCUT2D eigenvalue weighted by molar-refractivity contribution is 7.89. The lowest BCUT2D eigenvalue weighted by atomic mass is 10.2. The van der Waals surface area contributed by atoms with E-state index in [1.807, 2.05) is 0 Å². The summed E-state index contributed by atoms with van der Waals surface area (Å²) in [6.45, 7) is 0.904. The molecule has 3 N–H and O–H groups in total. The van der Waals surface area contributed by atoms with Crippen molar-refractivity contribution >= 4 is 38.4 Å². The first kappa shape index (κ1) is 13.4. The highest BCUT2D eigenvalue weighted by Crippen LogP contribution is 2.32. The van der Waals surface area contributed by atoms with E-state index in [-0.39, 0.29) is 10.6 Å². The third-order valence-corrected chi connectivity index (χ3v) is 5.59. The summed E-state index contributed by atoms with van der Waals surface area (Å²) in [5, 5.41) is 0.783. The molecule has 0 saturated carbocycles. The number of benzene rings is 1. The van der Waals surface area contributed by atoms with E-state index in [2.05, 4.69) is 4.98 Å². The number of fused-ring (bicyclic) bond motifs is 1. The molecule has 3 rings (SSSR count). The van der Waals surface area contributed by atoms with Gasteiger partial charge in [0, 0.05) is 29.0 Å². The van der Waals surface area contributed by atoms with Gasteiger partial charge in [0.25, 0.3) is 5.91 Å². The van der Waals surface area contributed by atoms with Crippen molar-refractivity contribution in [3.63, 3.8) is 0 Å². The largest absolute Gasteiger partial charge is 0.364 e. The molecule has 1 aliphatic heterocycles. The highest BCUT2D eigenvalue weighted by Gasteiger charge is 2.35. The van der Waals surface area contributed by atoms with Gasteiger partial charge in [-0.3, -0.25) is 4.79 Å². The maximum atomic E-state index is 12.6. The molecule has 2 aromatic rings. The van der Waals surface area contributed by atoms with Gasteiger partial charge in [-0.05, 0) is 24.6 Å². The van der Waals surface area contributed by atoms with E-state index >= 15 is 0 Å². The van der Waals surface area contributed by atoms with Crippen molar-refractivity contribution in [1.82, 2.24) is 9.29 Å². The number of primary amides is 1. The summed E-state index contributed by atoms with van der Waals surface area (Å²) < 4.78 is 26.5. The Morgan fingerprint density at radius 2 is 2.05 bits per heavy atom. The molecule has 0 unspecified atom stereocenters. The molecule has 1 fully saturated rings. The zero-order valence-corrected chi connectivity index (χ0v) is 12.0. The van der Waals surface area contributed by atoms with Crippen LogP contribution in [0.1, 0.15) is 16.9 Å². The number of rotatable bonds is 3. The Bertz CT molecular complexity index is 809. The number of aromatic nitrogens is 1. The van der Waals surface area contributed by atoms with Crippen molar-refractivity contribution in [3.8, 4) is 0 Å². The van der Waals surface area contributed by atoms with Crippen LogP contribution in [-0.2, 0) is 10.0 Å². The van der Waals surface area contributed by atoms with Crippen molar-refractivity contribution in [2.75, 3.05) is 13.1 Å². The van der Waals surface area contributed by atoms with Crippen molar-refractivity contribution in [1.29, 1.82) is 0 Å². The Balaban J connectivity index is 2.34. The molecular formula is C12H12ClN3O3S. The molecule has 6 nitrogen and oxygen atoms in total. The van der Waals surface area contributed by atoms with E-state index in [1.54, 1.807) is 12.1 Å². The molecule has 0 aliphatic carbocycles. The maximum absolute atomic E-state index is 12.6. The molecule has 0 bridgehead atoms. The van der Waals surface area contributed by atoms with Gasteiger partial charge in [-0.25, -0.2) is 8.42 Å². The molecule has 8 heteroatoms. The number of carbonyl (C=O) groups is 1. The minimum absolute atomic E-state index is 0.0813. The van der Waals surface area contributed by atoms with E-state index in [0.717, 1.165) is 6.42 Å².